The molecule has 0 spiro atoms. The second-order valence-corrected chi connectivity index (χ2v) is 4.87. The summed E-state index contributed by atoms with van der Waals surface area (Å²) < 4.78 is 19.0. The monoisotopic (exact) mass is 295 g/mol. The van der Waals surface area contributed by atoms with Gasteiger partial charge in [0, 0.05) is 6.92 Å². The van der Waals surface area contributed by atoms with E-state index in [-0.39, 0.29) is 26.9 Å². The van der Waals surface area contributed by atoms with E-state index in [4.69, 9.17) is 9.84 Å². The summed E-state index contributed by atoms with van der Waals surface area (Å²) in [6.07, 6.45) is 0. The van der Waals surface area contributed by atoms with Crippen molar-refractivity contribution in [1.29, 1.82) is 0 Å². The first-order valence-electron chi connectivity index (χ1n) is 5.53. The maximum Gasteiger partial charge on any atom is 0.356 e. The van der Waals surface area contributed by atoms with E-state index in [1.165, 1.54) is 32.2 Å². The number of Topliss-reactive ketones (excluding diaryl/α,β-unsaturated/α-hetero) is 1. The summed E-state index contributed by atoms with van der Waals surface area (Å²) in [7, 11) is 1.37. The highest BCUT2D eigenvalue weighted by atomic mass is 32.1. The van der Waals surface area contributed by atoms with Crippen LogP contribution >= 0.6 is 11.3 Å². The summed E-state index contributed by atoms with van der Waals surface area (Å²) in [5.41, 5.74) is -0.321. The second kappa shape index (κ2) is 5.38. The van der Waals surface area contributed by atoms with Gasteiger partial charge in [0.05, 0.1) is 12.7 Å². The number of rotatable bonds is 4. The van der Waals surface area contributed by atoms with Crippen LogP contribution in [-0.4, -0.2) is 29.0 Å². The quantitative estimate of drug-likeness (QED) is 0.878. The molecule has 1 heterocycles. The minimum Gasteiger partial charge on any atom is -0.496 e. The van der Waals surface area contributed by atoms with Crippen LogP contribution in [0.5, 0.6) is 5.75 Å². The van der Waals surface area contributed by atoms with Crippen molar-refractivity contribution < 1.29 is 23.8 Å². The highest BCUT2D eigenvalue weighted by Crippen LogP contribution is 2.36. The number of carboxylic acid groups (broad SMARTS) is 1. The molecule has 2 aromatic rings. The zero-order valence-electron chi connectivity index (χ0n) is 10.6. The Kier molecular flexibility index (Phi) is 3.80. The Morgan fingerprint density at radius 1 is 1.40 bits per heavy atom. The molecule has 0 amide bonds. The van der Waals surface area contributed by atoms with Gasteiger partial charge in [0.25, 0.3) is 0 Å². The number of carbonyl (C=O) groups excluding carboxylic acids is 1. The van der Waals surface area contributed by atoms with Crippen molar-refractivity contribution in [2.75, 3.05) is 7.11 Å². The predicted molar refractivity (Wildman–Crippen MR) is 71.0 cm³/mol. The number of ether oxygens (including phenoxy) is 1. The average molecular weight is 295 g/mol. The smallest absolute Gasteiger partial charge is 0.356 e. The topological polar surface area (TPSA) is 76.5 Å². The van der Waals surface area contributed by atoms with Crippen LogP contribution in [0.2, 0.25) is 0 Å². The molecular formula is C13H10FNO4S. The number of hydrogen-bond donors (Lipinski definition) is 1. The largest absolute Gasteiger partial charge is 0.496 e. The molecule has 0 atom stereocenters. The lowest BCUT2D eigenvalue weighted by Crippen LogP contribution is -2.03. The van der Waals surface area contributed by atoms with Crippen LogP contribution in [-0.2, 0) is 0 Å². The Bertz CT molecular complexity index is 664. The van der Waals surface area contributed by atoms with Crippen LogP contribution in [0.25, 0.3) is 10.6 Å². The molecule has 0 aliphatic carbocycles. The maximum absolute atomic E-state index is 13.9. The summed E-state index contributed by atoms with van der Waals surface area (Å²) in [6, 6.07) is 4.22. The van der Waals surface area contributed by atoms with Crippen LogP contribution in [0.4, 0.5) is 4.39 Å². The molecule has 0 saturated carbocycles. The molecule has 0 fully saturated rings. The number of aromatic carboxylic acids is 1. The Labute approximate surface area is 117 Å². The zero-order chi connectivity index (χ0) is 14.9. The van der Waals surface area contributed by atoms with Gasteiger partial charge in [-0.3, -0.25) is 4.79 Å². The molecule has 0 bridgehead atoms. The van der Waals surface area contributed by atoms with E-state index in [0.29, 0.717) is 0 Å². The molecule has 0 saturated heterocycles. The van der Waals surface area contributed by atoms with Crippen molar-refractivity contribution in [1.82, 2.24) is 4.98 Å². The molecule has 1 aromatic carbocycles. The fraction of sp³-hybridized carbons (Fsp3) is 0.154. The third-order valence-electron chi connectivity index (χ3n) is 2.56. The summed E-state index contributed by atoms with van der Waals surface area (Å²) in [5.74, 6) is -2.12. The minimum absolute atomic E-state index is 0.0159. The number of hydrogen-bond acceptors (Lipinski definition) is 5. The van der Waals surface area contributed by atoms with Crippen molar-refractivity contribution in [2.24, 2.45) is 0 Å². The number of aromatic nitrogens is 1. The lowest BCUT2D eigenvalue weighted by atomic mass is 10.2. The second-order valence-electron chi connectivity index (χ2n) is 3.88. The Hall–Kier alpha value is -2.28. The number of ketones is 1. The van der Waals surface area contributed by atoms with Crippen LogP contribution in [0.3, 0.4) is 0 Å². The van der Waals surface area contributed by atoms with E-state index in [1.807, 2.05) is 0 Å². The summed E-state index contributed by atoms with van der Waals surface area (Å²) in [6.45, 7) is 1.24. The van der Waals surface area contributed by atoms with Gasteiger partial charge in [-0.1, -0.05) is 6.07 Å². The minimum atomic E-state index is -1.33. The van der Waals surface area contributed by atoms with Crippen LogP contribution in [0.1, 0.15) is 27.1 Å². The summed E-state index contributed by atoms with van der Waals surface area (Å²) in [4.78, 5) is 26.3. The normalized spacial score (nSPS) is 10.3. The van der Waals surface area contributed by atoms with E-state index in [0.717, 1.165) is 11.3 Å². The van der Waals surface area contributed by atoms with Gasteiger partial charge in [-0.25, -0.2) is 14.2 Å². The van der Waals surface area contributed by atoms with E-state index < -0.39 is 17.6 Å². The van der Waals surface area contributed by atoms with Gasteiger partial charge >= 0.3 is 5.97 Å². The third kappa shape index (κ3) is 2.39. The molecule has 20 heavy (non-hydrogen) atoms. The number of carboxylic acids is 1. The van der Waals surface area contributed by atoms with Gasteiger partial charge in [-0.15, -0.1) is 11.3 Å². The van der Waals surface area contributed by atoms with Crippen LogP contribution < -0.4 is 4.74 Å². The van der Waals surface area contributed by atoms with E-state index in [1.54, 1.807) is 0 Å². The highest BCUT2D eigenvalue weighted by molar-refractivity contribution is 7.17. The van der Waals surface area contributed by atoms with Crippen LogP contribution in [0, 0.1) is 5.82 Å². The molecule has 2 rings (SSSR count). The predicted octanol–water partition coefficient (Wildman–Crippen LogP) is 2.86. The van der Waals surface area contributed by atoms with E-state index >= 15 is 0 Å². The lowest BCUT2D eigenvalue weighted by molar-refractivity contribution is 0.0687. The summed E-state index contributed by atoms with van der Waals surface area (Å²) >= 11 is 0.831. The fourth-order valence-electron chi connectivity index (χ4n) is 1.69. The van der Waals surface area contributed by atoms with Gasteiger partial charge in [-0.2, -0.15) is 0 Å². The van der Waals surface area contributed by atoms with Gasteiger partial charge in [0.1, 0.15) is 21.5 Å². The number of halogens is 1. The number of nitrogens with zero attached hydrogens (tertiary/aromatic N) is 1. The van der Waals surface area contributed by atoms with Crippen molar-refractivity contribution in [3.05, 3.63) is 34.6 Å². The maximum atomic E-state index is 13.9. The SMILES string of the molecule is COc1cccc(F)c1-c1nc(C(=O)O)c(C(C)=O)s1. The molecule has 1 aromatic heterocycles. The molecular weight excluding hydrogens is 285 g/mol. The highest BCUT2D eigenvalue weighted by Gasteiger charge is 2.24. The Balaban J connectivity index is 2.68. The fourth-order valence-corrected chi connectivity index (χ4v) is 2.70. The molecule has 0 aliphatic heterocycles. The van der Waals surface area contributed by atoms with Crippen molar-refractivity contribution in [3.8, 4) is 16.3 Å². The number of carbonyl (C=O) groups is 2. The number of methoxy groups -OCH3 is 1. The molecule has 0 aliphatic rings. The Morgan fingerprint density at radius 2 is 2.10 bits per heavy atom. The summed E-state index contributed by atoms with van der Waals surface area (Å²) in [5, 5.41) is 9.14. The van der Waals surface area contributed by atoms with Gasteiger partial charge in [-0.05, 0) is 12.1 Å². The van der Waals surface area contributed by atoms with Crippen molar-refractivity contribution in [3.63, 3.8) is 0 Å². The van der Waals surface area contributed by atoms with Gasteiger partial charge < -0.3 is 9.84 Å². The van der Waals surface area contributed by atoms with Gasteiger partial charge in [0.15, 0.2) is 11.5 Å². The lowest BCUT2D eigenvalue weighted by Gasteiger charge is -2.06. The molecule has 5 nitrogen and oxygen atoms in total. The zero-order valence-corrected chi connectivity index (χ0v) is 11.5. The van der Waals surface area contributed by atoms with Gasteiger partial charge in [0.2, 0.25) is 0 Å². The first-order chi connectivity index (χ1) is 9.45. The van der Waals surface area contributed by atoms with Crippen molar-refractivity contribution >= 4 is 23.1 Å². The molecule has 1 N–H and O–H groups in total. The van der Waals surface area contributed by atoms with Crippen molar-refractivity contribution in [2.45, 2.75) is 6.92 Å². The van der Waals surface area contributed by atoms with Crippen LogP contribution in [0.15, 0.2) is 18.2 Å². The molecule has 104 valence electrons. The van der Waals surface area contributed by atoms with E-state index in [9.17, 15) is 14.0 Å². The molecule has 7 heteroatoms. The standard InChI is InChI=1S/C13H10FNO4S/c1-6(16)11-10(13(17)18)15-12(20-11)9-7(14)4-3-5-8(9)19-2/h3-5H,1-2H3,(H,17,18). The third-order valence-corrected chi connectivity index (χ3v) is 3.73. The van der Waals surface area contributed by atoms with E-state index in [2.05, 4.69) is 4.98 Å². The Morgan fingerprint density at radius 3 is 2.60 bits per heavy atom. The molecule has 0 unspecified atom stereocenters. The first-order valence-corrected chi connectivity index (χ1v) is 6.35. The average Bonchev–Trinajstić information content (AvgIpc) is 2.83. The first kappa shape index (κ1) is 14.1. The number of thiazole rings is 1. The number of benzene rings is 1. The molecule has 0 radical (unpaired) electrons.